The molecule has 1 heterocycles. The zero-order valence-electron chi connectivity index (χ0n) is 15.1. The Bertz CT molecular complexity index is 1290. The van der Waals surface area contributed by atoms with E-state index >= 15 is 0 Å². The van der Waals surface area contributed by atoms with Gasteiger partial charge in [-0.25, -0.2) is 13.4 Å². The zero-order valence-corrected chi connectivity index (χ0v) is 16.7. The maximum atomic E-state index is 12.6. The molecule has 5 nitrogen and oxygen atoms in total. The summed E-state index contributed by atoms with van der Waals surface area (Å²) >= 11 is 1.56. The van der Waals surface area contributed by atoms with Crippen molar-refractivity contribution in [2.75, 3.05) is 4.72 Å². The molecule has 0 fully saturated rings. The van der Waals surface area contributed by atoms with Gasteiger partial charge in [0.25, 0.3) is 10.0 Å². The molecule has 0 saturated carbocycles. The number of benzene rings is 3. The van der Waals surface area contributed by atoms with E-state index in [1.54, 1.807) is 35.6 Å². The second kappa shape index (κ2) is 7.87. The maximum absolute atomic E-state index is 12.6. The molecule has 0 saturated heterocycles. The number of thiazole rings is 1. The predicted molar refractivity (Wildman–Crippen MR) is 115 cm³/mol. The Balaban J connectivity index is 1.56. The van der Waals surface area contributed by atoms with Crippen molar-refractivity contribution in [1.82, 2.24) is 4.98 Å². The monoisotopic (exact) mass is 417 g/mol. The third kappa shape index (κ3) is 4.04. The highest BCUT2D eigenvalue weighted by Crippen LogP contribution is 2.29. The van der Waals surface area contributed by atoms with Crippen LogP contribution in [-0.4, -0.2) is 13.4 Å². The van der Waals surface area contributed by atoms with Gasteiger partial charge in [-0.05, 0) is 24.3 Å². The van der Waals surface area contributed by atoms with Gasteiger partial charge >= 0.3 is 0 Å². The third-order valence-corrected chi connectivity index (χ3v) is 6.59. The summed E-state index contributed by atoms with van der Waals surface area (Å²) in [4.78, 5) is 4.63. The molecule has 0 spiro atoms. The quantitative estimate of drug-likeness (QED) is 0.487. The van der Waals surface area contributed by atoms with Crippen LogP contribution in [0.2, 0.25) is 0 Å². The maximum Gasteiger partial charge on any atom is 0.263 e. The summed E-state index contributed by atoms with van der Waals surface area (Å²) < 4.78 is 27.8. The van der Waals surface area contributed by atoms with Gasteiger partial charge in [-0.15, -0.1) is 11.3 Å². The number of nitrogens with one attached hydrogen (secondary N) is 1. The van der Waals surface area contributed by atoms with E-state index in [1.165, 1.54) is 12.1 Å². The van der Waals surface area contributed by atoms with E-state index in [1.807, 2.05) is 53.9 Å². The molecule has 0 radical (unpaired) electrons. The van der Waals surface area contributed by atoms with Crippen LogP contribution in [0.4, 0.5) is 5.69 Å². The Morgan fingerprint density at radius 3 is 2.28 bits per heavy atom. The summed E-state index contributed by atoms with van der Waals surface area (Å²) in [5.41, 5.74) is 3.30. The molecule has 7 heteroatoms. The van der Waals surface area contributed by atoms with Crippen molar-refractivity contribution < 1.29 is 8.42 Å². The summed E-state index contributed by atoms with van der Waals surface area (Å²) in [7, 11) is -3.85. The lowest BCUT2D eigenvalue weighted by Gasteiger charge is -2.09. The van der Waals surface area contributed by atoms with Crippen LogP contribution in [0.5, 0.6) is 0 Å². The fourth-order valence-electron chi connectivity index (χ4n) is 2.83. The second-order valence-corrected chi connectivity index (χ2v) is 8.70. The number of nitrogens with zero attached hydrogens (tertiary/aromatic N) is 2. The molecule has 0 unspecified atom stereocenters. The molecular formula is C22H15N3O2S2. The minimum Gasteiger partial charge on any atom is -0.280 e. The fraction of sp³-hybridized carbons (Fsp3) is 0. The number of hydrogen-bond donors (Lipinski definition) is 1. The van der Waals surface area contributed by atoms with E-state index in [0.29, 0.717) is 5.69 Å². The van der Waals surface area contributed by atoms with E-state index < -0.39 is 10.0 Å². The number of hydrogen-bond acceptors (Lipinski definition) is 5. The van der Waals surface area contributed by atoms with Gasteiger partial charge in [0, 0.05) is 22.2 Å². The van der Waals surface area contributed by atoms with Gasteiger partial charge in [0.15, 0.2) is 0 Å². The van der Waals surface area contributed by atoms with Crippen molar-refractivity contribution in [2.24, 2.45) is 0 Å². The molecule has 0 atom stereocenters. The van der Waals surface area contributed by atoms with Crippen LogP contribution in [0.25, 0.3) is 21.8 Å². The first-order valence-corrected chi connectivity index (χ1v) is 11.1. The van der Waals surface area contributed by atoms with Crippen molar-refractivity contribution in [3.05, 3.63) is 89.8 Å². The summed E-state index contributed by atoms with van der Waals surface area (Å²) in [5.74, 6) is 0. The largest absolute Gasteiger partial charge is 0.280 e. The molecule has 4 aromatic rings. The molecule has 0 aliphatic heterocycles. The number of aromatic nitrogens is 1. The van der Waals surface area contributed by atoms with Gasteiger partial charge in [0.2, 0.25) is 0 Å². The van der Waals surface area contributed by atoms with Crippen LogP contribution < -0.4 is 4.72 Å². The fourth-order valence-corrected chi connectivity index (χ4v) is 4.88. The first-order chi connectivity index (χ1) is 14.1. The standard InChI is InChI=1S/C22H15N3O2S2/c23-14-18-8-4-5-9-21(18)29(26,27)25-19-12-10-16(11-13-19)20-15-28-22(24-20)17-6-2-1-3-7-17/h1-13,15,25H. The molecular weight excluding hydrogens is 402 g/mol. The topological polar surface area (TPSA) is 82.8 Å². The average molecular weight is 418 g/mol. The molecule has 0 aliphatic rings. The molecule has 29 heavy (non-hydrogen) atoms. The van der Waals surface area contributed by atoms with Crippen molar-refractivity contribution in [3.63, 3.8) is 0 Å². The molecule has 4 rings (SSSR count). The number of rotatable bonds is 5. The molecule has 0 bridgehead atoms. The Hall–Kier alpha value is -3.47. The average Bonchev–Trinajstić information content (AvgIpc) is 3.25. The smallest absolute Gasteiger partial charge is 0.263 e. The van der Waals surface area contributed by atoms with Crippen LogP contribution in [-0.2, 0) is 10.0 Å². The van der Waals surface area contributed by atoms with Gasteiger partial charge in [0.1, 0.15) is 16.0 Å². The predicted octanol–water partition coefficient (Wildman–Crippen LogP) is 5.15. The summed E-state index contributed by atoms with van der Waals surface area (Å²) in [5, 5.41) is 12.1. The Morgan fingerprint density at radius 1 is 0.862 bits per heavy atom. The first kappa shape index (κ1) is 18.9. The van der Waals surface area contributed by atoms with E-state index in [-0.39, 0.29) is 10.5 Å². The second-order valence-electron chi connectivity index (χ2n) is 6.19. The SMILES string of the molecule is N#Cc1ccccc1S(=O)(=O)Nc1ccc(-c2csc(-c3ccccc3)n2)cc1. The molecule has 3 aromatic carbocycles. The first-order valence-electron chi connectivity index (χ1n) is 8.70. The minimum absolute atomic E-state index is 0.0430. The van der Waals surface area contributed by atoms with Crippen molar-refractivity contribution in [1.29, 1.82) is 5.26 Å². The number of nitriles is 1. The van der Waals surface area contributed by atoms with E-state index in [0.717, 1.165) is 21.8 Å². The van der Waals surface area contributed by atoms with Crippen LogP contribution in [0, 0.1) is 11.3 Å². The molecule has 1 N–H and O–H groups in total. The highest BCUT2D eigenvalue weighted by atomic mass is 32.2. The summed E-state index contributed by atoms with van der Waals surface area (Å²) in [6.07, 6.45) is 0. The lowest BCUT2D eigenvalue weighted by atomic mass is 10.1. The van der Waals surface area contributed by atoms with Crippen LogP contribution in [0.3, 0.4) is 0 Å². The Labute approximate surface area is 173 Å². The van der Waals surface area contributed by atoms with Crippen molar-refractivity contribution in [3.8, 4) is 27.9 Å². The molecule has 0 aliphatic carbocycles. The highest BCUT2D eigenvalue weighted by molar-refractivity contribution is 7.92. The van der Waals surface area contributed by atoms with Gasteiger partial charge < -0.3 is 0 Å². The van der Waals surface area contributed by atoms with Crippen molar-refractivity contribution >= 4 is 27.0 Å². The van der Waals surface area contributed by atoms with Gasteiger partial charge in [-0.3, -0.25) is 4.72 Å². The van der Waals surface area contributed by atoms with Crippen molar-refractivity contribution in [2.45, 2.75) is 4.90 Å². The lowest BCUT2D eigenvalue weighted by molar-refractivity contribution is 0.601. The number of sulfonamides is 1. The van der Waals surface area contributed by atoms with Gasteiger partial charge in [-0.2, -0.15) is 5.26 Å². The minimum atomic E-state index is -3.85. The number of anilines is 1. The van der Waals surface area contributed by atoms with Crippen LogP contribution in [0.1, 0.15) is 5.56 Å². The Morgan fingerprint density at radius 2 is 1.55 bits per heavy atom. The normalized spacial score (nSPS) is 11.0. The van der Waals surface area contributed by atoms with E-state index in [9.17, 15) is 8.42 Å². The van der Waals surface area contributed by atoms with E-state index in [2.05, 4.69) is 9.71 Å². The summed E-state index contributed by atoms with van der Waals surface area (Å²) in [6.45, 7) is 0. The van der Waals surface area contributed by atoms with Gasteiger partial charge in [-0.1, -0.05) is 54.6 Å². The lowest BCUT2D eigenvalue weighted by Crippen LogP contribution is -2.14. The third-order valence-electron chi connectivity index (χ3n) is 4.25. The van der Waals surface area contributed by atoms with Crippen LogP contribution in [0.15, 0.2) is 89.1 Å². The van der Waals surface area contributed by atoms with Gasteiger partial charge in [0.05, 0.1) is 11.3 Å². The van der Waals surface area contributed by atoms with E-state index in [4.69, 9.17) is 5.26 Å². The molecule has 142 valence electrons. The summed E-state index contributed by atoms with van der Waals surface area (Å²) in [6, 6.07) is 25.0. The Kier molecular flexibility index (Phi) is 5.12. The highest BCUT2D eigenvalue weighted by Gasteiger charge is 2.18. The molecule has 1 aromatic heterocycles. The zero-order chi connectivity index (χ0) is 20.3. The molecule has 0 amide bonds. The van der Waals surface area contributed by atoms with Crippen LogP contribution >= 0.6 is 11.3 Å².